The number of nitrogens with one attached hydrogen (secondary N) is 1. The number of carbonyl (C=O) groups is 2. The molecule has 2 N–H and O–H groups in total. The summed E-state index contributed by atoms with van der Waals surface area (Å²) in [4.78, 5) is 23.4. The van der Waals surface area contributed by atoms with E-state index in [1.807, 2.05) is 67.6 Å². The van der Waals surface area contributed by atoms with Crippen molar-refractivity contribution in [3.8, 4) is 16.9 Å². The van der Waals surface area contributed by atoms with Gasteiger partial charge in [0.05, 0.1) is 13.0 Å². The van der Waals surface area contributed by atoms with E-state index in [9.17, 15) is 9.59 Å². The van der Waals surface area contributed by atoms with E-state index in [0.717, 1.165) is 40.7 Å². The number of benzene rings is 3. The zero-order chi connectivity index (χ0) is 24.3. The highest BCUT2D eigenvalue weighted by Gasteiger charge is 2.11. The number of amides is 1. The molecule has 0 saturated carbocycles. The van der Waals surface area contributed by atoms with E-state index in [4.69, 9.17) is 14.6 Å². The summed E-state index contributed by atoms with van der Waals surface area (Å²) < 4.78 is 11.2. The van der Waals surface area contributed by atoms with Gasteiger partial charge in [0, 0.05) is 12.1 Å². The first-order valence-electron chi connectivity index (χ1n) is 11.5. The minimum atomic E-state index is -0.870. The molecule has 0 heterocycles. The Morgan fingerprint density at radius 2 is 1.62 bits per heavy atom. The van der Waals surface area contributed by atoms with Crippen LogP contribution in [0.15, 0.2) is 66.7 Å². The van der Waals surface area contributed by atoms with Gasteiger partial charge in [-0.2, -0.15) is 0 Å². The largest absolute Gasteiger partial charge is 0.493 e. The molecular formula is C28H31NO5. The van der Waals surface area contributed by atoms with Crippen molar-refractivity contribution >= 4 is 12.1 Å². The van der Waals surface area contributed by atoms with Crippen LogP contribution in [0.1, 0.15) is 42.5 Å². The molecule has 0 aliphatic heterocycles. The Morgan fingerprint density at radius 1 is 0.882 bits per heavy atom. The maximum atomic E-state index is 12.3. The van der Waals surface area contributed by atoms with Crippen molar-refractivity contribution in [3.05, 3.63) is 89.0 Å². The minimum absolute atomic E-state index is 0.0348. The summed E-state index contributed by atoms with van der Waals surface area (Å²) in [5.41, 5.74) is 5.53. The molecule has 6 heteroatoms. The number of carboxylic acid groups (broad SMARTS) is 1. The normalized spacial score (nSPS) is 10.5. The SMILES string of the molecule is CCCOc1ccc(-c2cccc(CC(=O)O)c2)cc1CNC(=O)OCc1ccc(CC)cc1. The van der Waals surface area contributed by atoms with Crippen LogP contribution in [-0.2, 0) is 35.5 Å². The van der Waals surface area contributed by atoms with Crippen LogP contribution in [0.4, 0.5) is 4.79 Å². The minimum Gasteiger partial charge on any atom is -0.493 e. The maximum Gasteiger partial charge on any atom is 0.407 e. The van der Waals surface area contributed by atoms with E-state index in [1.165, 1.54) is 5.56 Å². The summed E-state index contributed by atoms with van der Waals surface area (Å²) in [6, 6.07) is 21.2. The quantitative estimate of drug-likeness (QED) is 0.379. The average molecular weight is 462 g/mol. The summed E-state index contributed by atoms with van der Waals surface area (Å²) in [5.74, 6) is -0.173. The van der Waals surface area contributed by atoms with Crippen LogP contribution in [0.2, 0.25) is 0 Å². The number of carboxylic acids is 1. The Morgan fingerprint density at radius 3 is 2.32 bits per heavy atom. The van der Waals surface area contributed by atoms with Gasteiger partial charge in [-0.05, 0) is 52.8 Å². The van der Waals surface area contributed by atoms with E-state index >= 15 is 0 Å². The van der Waals surface area contributed by atoms with Gasteiger partial charge in [0.2, 0.25) is 0 Å². The van der Waals surface area contributed by atoms with Crippen molar-refractivity contribution in [2.45, 2.75) is 46.3 Å². The van der Waals surface area contributed by atoms with Crippen molar-refractivity contribution in [1.82, 2.24) is 5.32 Å². The van der Waals surface area contributed by atoms with E-state index in [2.05, 4.69) is 12.2 Å². The molecule has 0 bridgehead atoms. The average Bonchev–Trinajstić information content (AvgIpc) is 2.85. The maximum absolute atomic E-state index is 12.3. The molecule has 1 amide bonds. The summed E-state index contributed by atoms with van der Waals surface area (Å²) in [7, 11) is 0. The lowest BCUT2D eigenvalue weighted by atomic mass is 9.99. The Hall–Kier alpha value is -3.80. The molecule has 6 nitrogen and oxygen atoms in total. The molecular weight excluding hydrogens is 430 g/mol. The Kier molecular flexibility index (Phi) is 9.09. The number of aryl methyl sites for hydroxylation is 1. The van der Waals surface area contributed by atoms with Crippen LogP contribution in [0.3, 0.4) is 0 Å². The zero-order valence-electron chi connectivity index (χ0n) is 19.7. The molecule has 3 aromatic carbocycles. The van der Waals surface area contributed by atoms with Crippen LogP contribution >= 0.6 is 0 Å². The predicted octanol–water partition coefficient (Wildman–Crippen LogP) is 5.76. The first kappa shape index (κ1) is 24.8. The molecule has 178 valence electrons. The van der Waals surface area contributed by atoms with Crippen LogP contribution in [-0.4, -0.2) is 23.8 Å². The summed E-state index contributed by atoms with van der Waals surface area (Å²) in [6.07, 6.45) is 1.29. The van der Waals surface area contributed by atoms with Crippen molar-refractivity contribution < 1.29 is 24.2 Å². The molecule has 0 fully saturated rings. The fourth-order valence-corrected chi connectivity index (χ4v) is 3.52. The Labute approximate surface area is 200 Å². The van der Waals surface area contributed by atoms with Gasteiger partial charge in [0.25, 0.3) is 0 Å². The molecule has 0 aliphatic rings. The van der Waals surface area contributed by atoms with Crippen molar-refractivity contribution in [2.24, 2.45) is 0 Å². The number of alkyl carbamates (subject to hydrolysis) is 1. The van der Waals surface area contributed by atoms with Crippen molar-refractivity contribution in [1.29, 1.82) is 0 Å². The van der Waals surface area contributed by atoms with Gasteiger partial charge in [-0.25, -0.2) is 4.79 Å². The number of hydrogen-bond acceptors (Lipinski definition) is 4. The monoisotopic (exact) mass is 461 g/mol. The van der Waals surface area contributed by atoms with Crippen molar-refractivity contribution in [3.63, 3.8) is 0 Å². The van der Waals surface area contributed by atoms with E-state index in [0.29, 0.717) is 12.4 Å². The molecule has 0 radical (unpaired) electrons. The molecule has 0 aromatic heterocycles. The van der Waals surface area contributed by atoms with Crippen LogP contribution < -0.4 is 10.1 Å². The third kappa shape index (κ3) is 7.37. The number of aliphatic carboxylic acids is 1. The third-order valence-corrected chi connectivity index (χ3v) is 5.36. The number of rotatable bonds is 11. The number of ether oxygens (including phenoxy) is 2. The second-order valence-electron chi connectivity index (χ2n) is 8.04. The highest BCUT2D eigenvalue weighted by Crippen LogP contribution is 2.28. The smallest absolute Gasteiger partial charge is 0.407 e. The fourth-order valence-electron chi connectivity index (χ4n) is 3.52. The summed E-state index contributed by atoms with van der Waals surface area (Å²) >= 11 is 0. The van der Waals surface area contributed by atoms with Crippen LogP contribution in [0.5, 0.6) is 5.75 Å². The lowest BCUT2D eigenvalue weighted by Crippen LogP contribution is -2.24. The standard InChI is InChI=1S/C28H31NO5/c1-3-14-33-26-13-12-24(23-7-5-6-22(15-23)16-27(30)31)17-25(26)18-29-28(32)34-19-21-10-8-20(4-2)9-11-21/h5-13,15,17H,3-4,14,16,18-19H2,1-2H3,(H,29,32)(H,30,31). The van der Waals surface area contributed by atoms with Gasteiger partial charge in [-0.15, -0.1) is 0 Å². The van der Waals surface area contributed by atoms with Gasteiger partial charge < -0.3 is 19.9 Å². The van der Waals surface area contributed by atoms with Crippen LogP contribution in [0.25, 0.3) is 11.1 Å². The van der Waals surface area contributed by atoms with Gasteiger partial charge in [-0.1, -0.05) is 68.4 Å². The number of hydrogen-bond donors (Lipinski definition) is 2. The predicted molar refractivity (Wildman–Crippen MR) is 132 cm³/mol. The Bertz CT molecular complexity index is 1110. The first-order valence-corrected chi connectivity index (χ1v) is 11.5. The third-order valence-electron chi connectivity index (χ3n) is 5.36. The second-order valence-corrected chi connectivity index (χ2v) is 8.04. The van der Waals surface area contributed by atoms with E-state index < -0.39 is 12.1 Å². The molecule has 34 heavy (non-hydrogen) atoms. The molecule has 0 saturated heterocycles. The van der Waals surface area contributed by atoms with Gasteiger partial charge in [-0.3, -0.25) is 4.79 Å². The van der Waals surface area contributed by atoms with Gasteiger partial charge in [0.1, 0.15) is 12.4 Å². The highest BCUT2D eigenvalue weighted by molar-refractivity contribution is 5.73. The lowest BCUT2D eigenvalue weighted by Gasteiger charge is -2.14. The summed E-state index contributed by atoms with van der Waals surface area (Å²) in [5, 5.41) is 11.9. The molecule has 3 rings (SSSR count). The van der Waals surface area contributed by atoms with E-state index in [1.54, 1.807) is 6.07 Å². The van der Waals surface area contributed by atoms with Gasteiger partial charge in [0.15, 0.2) is 0 Å². The highest BCUT2D eigenvalue weighted by atomic mass is 16.5. The molecule has 0 spiro atoms. The fraction of sp³-hybridized carbons (Fsp3) is 0.286. The first-order chi connectivity index (χ1) is 16.5. The lowest BCUT2D eigenvalue weighted by molar-refractivity contribution is -0.136. The van der Waals surface area contributed by atoms with Gasteiger partial charge >= 0.3 is 12.1 Å². The second kappa shape index (κ2) is 12.4. The Balaban J connectivity index is 1.69. The molecule has 0 unspecified atom stereocenters. The number of carbonyl (C=O) groups excluding carboxylic acids is 1. The van der Waals surface area contributed by atoms with Crippen LogP contribution in [0, 0.1) is 0 Å². The molecule has 0 aliphatic carbocycles. The molecule has 3 aromatic rings. The molecule has 0 atom stereocenters. The summed E-state index contributed by atoms with van der Waals surface area (Å²) in [6.45, 7) is 5.14. The van der Waals surface area contributed by atoms with Crippen molar-refractivity contribution in [2.75, 3.05) is 6.61 Å². The van der Waals surface area contributed by atoms with E-state index in [-0.39, 0.29) is 19.6 Å². The topological polar surface area (TPSA) is 84.9 Å². The zero-order valence-corrected chi connectivity index (χ0v) is 19.7.